The van der Waals surface area contributed by atoms with Crippen LogP contribution >= 0.6 is 0 Å². The predicted octanol–water partition coefficient (Wildman–Crippen LogP) is 1.72. The lowest BCUT2D eigenvalue weighted by Crippen LogP contribution is -2.42. The van der Waals surface area contributed by atoms with E-state index >= 15 is 0 Å². The molecule has 84 valence electrons. The Labute approximate surface area is 90.7 Å². The highest BCUT2D eigenvalue weighted by molar-refractivity contribution is 5.36. The number of aryl methyl sites for hydroxylation is 2. The van der Waals surface area contributed by atoms with E-state index < -0.39 is 0 Å². The van der Waals surface area contributed by atoms with Crippen molar-refractivity contribution in [3.8, 4) is 0 Å². The van der Waals surface area contributed by atoms with Gasteiger partial charge in [-0.3, -0.25) is 0 Å². The zero-order chi connectivity index (χ0) is 11.1. The SMILES string of the molecule is Cc1c[nH]c(C)c1C1(N)CCC(O)CC1. The van der Waals surface area contributed by atoms with Gasteiger partial charge in [0.05, 0.1) is 6.10 Å². The fourth-order valence-electron chi connectivity index (χ4n) is 2.79. The summed E-state index contributed by atoms with van der Waals surface area (Å²) >= 11 is 0. The molecule has 3 heteroatoms. The number of hydrogen-bond donors (Lipinski definition) is 3. The van der Waals surface area contributed by atoms with E-state index in [1.165, 1.54) is 16.8 Å². The average molecular weight is 208 g/mol. The number of nitrogens with one attached hydrogen (secondary N) is 1. The summed E-state index contributed by atoms with van der Waals surface area (Å²) in [4.78, 5) is 3.23. The molecule has 0 unspecified atom stereocenters. The second-order valence-corrected chi connectivity index (χ2v) is 4.86. The van der Waals surface area contributed by atoms with Crippen molar-refractivity contribution in [2.75, 3.05) is 0 Å². The maximum Gasteiger partial charge on any atom is 0.0541 e. The highest BCUT2D eigenvalue weighted by Crippen LogP contribution is 2.37. The van der Waals surface area contributed by atoms with Gasteiger partial charge < -0.3 is 15.8 Å². The lowest BCUT2D eigenvalue weighted by atomic mass is 9.75. The van der Waals surface area contributed by atoms with E-state index in [0.717, 1.165) is 25.7 Å². The Morgan fingerprint density at radius 3 is 2.47 bits per heavy atom. The molecule has 3 nitrogen and oxygen atoms in total. The van der Waals surface area contributed by atoms with E-state index in [-0.39, 0.29) is 11.6 Å². The zero-order valence-electron chi connectivity index (χ0n) is 9.51. The molecule has 2 rings (SSSR count). The third-order valence-electron chi connectivity index (χ3n) is 3.62. The van der Waals surface area contributed by atoms with Gasteiger partial charge in [-0.15, -0.1) is 0 Å². The molecule has 1 aromatic heterocycles. The first-order chi connectivity index (χ1) is 7.03. The standard InChI is InChI=1S/C12H20N2O/c1-8-7-14-9(2)11(8)12(13)5-3-10(15)4-6-12/h7,10,14-15H,3-6,13H2,1-2H3. The van der Waals surface area contributed by atoms with Crippen molar-refractivity contribution >= 4 is 0 Å². The molecule has 0 saturated heterocycles. The van der Waals surface area contributed by atoms with Gasteiger partial charge in [-0.05, 0) is 50.7 Å². The number of rotatable bonds is 1. The molecule has 1 aromatic rings. The minimum absolute atomic E-state index is 0.152. The molecule has 1 heterocycles. The van der Waals surface area contributed by atoms with Crippen molar-refractivity contribution in [3.05, 3.63) is 23.0 Å². The molecule has 0 atom stereocenters. The summed E-state index contributed by atoms with van der Waals surface area (Å²) in [6.07, 6.45) is 5.27. The minimum Gasteiger partial charge on any atom is -0.393 e. The summed E-state index contributed by atoms with van der Waals surface area (Å²) in [5.74, 6) is 0. The number of H-pyrrole nitrogens is 1. The Kier molecular flexibility index (Phi) is 2.61. The molecule has 0 aliphatic heterocycles. The molecule has 4 N–H and O–H groups in total. The molecule has 1 aliphatic carbocycles. The quantitative estimate of drug-likeness (QED) is 0.658. The first-order valence-electron chi connectivity index (χ1n) is 5.65. The van der Waals surface area contributed by atoms with Gasteiger partial charge >= 0.3 is 0 Å². The van der Waals surface area contributed by atoms with Gasteiger partial charge in [-0.25, -0.2) is 0 Å². The first kappa shape index (κ1) is 10.7. The smallest absolute Gasteiger partial charge is 0.0541 e. The molecular weight excluding hydrogens is 188 g/mol. The van der Waals surface area contributed by atoms with Crippen LogP contribution in [0.3, 0.4) is 0 Å². The van der Waals surface area contributed by atoms with Crippen molar-refractivity contribution in [1.82, 2.24) is 4.98 Å². The number of aromatic amines is 1. The van der Waals surface area contributed by atoms with Crippen molar-refractivity contribution in [3.63, 3.8) is 0 Å². The number of hydrogen-bond acceptors (Lipinski definition) is 2. The van der Waals surface area contributed by atoms with Crippen LogP contribution in [0.5, 0.6) is 0 Å². The van der Waals surface area contributed by atoms with Crippen molar-refractivity contribution in [2.45, 2.75) is 51.2 Å². The summed E-state index contributed by atoms with van der Waals surface area (Å²) in [5, 5.41) is 9.51. The summed E-state index contributed by atoms with van der Waals surface area (Å²) in [5.41, 5.74) is 9.90. The number of aromatic nitrogens is 1. The molecule has 0 bridgehead atoms. The Hall–Kier alpha value is -0.800. The highest BCUT2D eigenvalue weighted by Gasteiger charge is 2.35. The normalized spacial score (nSPS) is 31.9. The van der Waals surface area contributed by atoms with E-state index in [1.54, 1.807) is 0 Å². The van der Waals surface area contributed by atoms with E-state index in [0.29, 0.717) is 0 Å². The third-order valence-corrected chi connectivity index (χ3v) is 3.62. The molecular formula is C12H20N2O. The summed E-state index contributed by atoms with van der Waals surface area (Å²) < 4.78 is 0. The highest BCUT2D eigenvalue weighted by atomic mass is 16.3. The van der Waals surface area contributed by atoms with Crippen molar-refractivity contribution in [2.24, 2.45) is 5.73 Å². The zero-order valence-corrected chi connectivity index (χ0v) is 9.51. The maximum absolute atomic E-state index is 9.51. The lowest BCUT2D eigenvalue weighted by molar-refractivity contribution is 0.0966. The van der Waals surface area contributed by atoms with Crippen molar-refractivity contribution < 1.29 is 5.11 Å². The van der Waals surface area contributed by atoms with Crippen LogP contribution in [-0.2, 0) is 5.54 Å². The Balaban J connectivity index is 2.30. The maximum atomic E-state index is 9.51. The van der Waals surface area contributed by atoms with Gasteiger partial charge in [-0.1, -0.05) is 0 Å². The van der Waals surface area contributed by atoms with Crippen LogP contribution in [0, 0.1) is 13.8 Å². The molecule has 0 spiro atoms. The fraction of sp³-hybridized carbons (Fsp3) is 0.667. The molecule has 0 radical (unpaired) electrons. The fourth-order valence-corrected chi connectivity index (χ4v) is 2.79. The minimum atomic E-state index is -0.229. The second-order valence-electron chi connectivity index (χ2n) is 4.86. The molecule has 0 amide bonds. The number of aliphatic hydroxyl groups is 1. The van der Waals surface area contributed by atoms with E-state index in [4.69, 9.17) is 5.73 Å². The molecule has 0 aromatic carbocycles. The van der Waals surface area contributed by atoms with Gasteiger partial charge in [0, 0.05) is 17.4 Å². The average Bonchev–Trinajstić information content (AvgIpc) is 2.52. The van der Waals surface area contributed by atoms with E-state index in [9.17, 15) is 5.11 Å². The van der Waals surface area contributed by atoms with Gasteiger partial charge in [0.2, 0.25) is 0 Å². The summed E-state index contributed by atoms with van der Waals surface area (Å²) in [7, 11) is 0. The van der Waals surface area contributed by atoms with Gasteiger partial charge in [0.25, 0.3) is 0 Å². The lowest BCUT2D eigenvalue weighted by Gasteiger charge is -2.36. The number of aliphatic hydroxyl groups excluding tert-OH is 1. The van der Waals surface area contributed by atoms with E-state index in [2.05, 4.69) is 18.8 Å². The second kappa shape index (κ2) is 3.65. The van der Waals surface area contributed by atoms with Crippen LogP contribution in [0.1, 0.15) is 42.5 Å². The summed E-state index contributed by atoms with van der Waals surface area (Å²) in [6, 6.07) is 0. The van der Waals surface area contributed by atoms with Gasteiger partial charge in [0.1, 0.15) is 0 Å². The van der Waals surface area contributed by atoms with Crippen LogP contribution in [0.2, 0.25) is 0 Å². The first-order valence-corrected chi connectivity index (χ1v) is 5.65. The molecule has 1 fully saturated rings. The molecule has 1 aliphatic rings. The molecule has 1 saturated carbocycles. The van der Waals surface area contributed by atoms with Crippen LogP contribution < -0.4 is 5.73 Å². The number of nitrogens with two attached hydrogens (primary N) is 1. The van der Waals surface area contributed by atoms with Crippen molar-refractivity contribution in [1.29, 1.82) is 0 Å². The summed E-state index contributed by atoms with van der Waals surface area (Å²) in [6.45, 7) is 4.17. The van der Waals surface area contributed by atoms with Gasteiger partial charge in [-0.2, -0.15) is 0 Å². The predicted molar refractivity (Wildman–Crippen MR) is 60.6 cm³/mol. The monoisotopic (exact) mass is 208 g/mol. The Morgan fingerprint density at radius 2 is 2.00 bits per heavy atom. The Morgan fingerprint density at radius 1 is 1.40 bits per heavy atom. The van der Waals surface area contributed by atoms with E-state index in [1.807, 2.05) is 6.20 Å². The van der Waals surface area contributed by atoms with Gasteiger partial charge in [0.15, 0.2) is 0 Å². The van der Waals surface area contributed by atoms with Crippen LogP contribution in [0.15, 0.2) is 6.20 Å². The molecule has 15 heavy (non-hydrogen) atoms. The topological polar surface area (TPSA) is 62.0 Å². The largest absolute Gasteiger partial charge is 0.393 e. The van der Waals surface area contributed by atoms with Crippen LogP contribution in [0.25, 0.3) is 0 Å². The van der Waals surface area contributed by atoms with Crippen LogP contribution in [0.4, 0.5) is 0 Å². The van der Waals surface area contributed by atoms with Crippen LogP contribution in [-0.4, -0.2) is 16.2 Å². The third kappa shape index (κ3) is 1.82. The Bertz CT molecular complexity index is 329.